The predicted molar refractivity (Wildman–Crippen MR) is 93.4 cm³/mol. The lowest BCUT2D eigenvalue weighted by Gasteiger charge is -2.27. The van der Waals surface area contributed by atoms with Crippen LogP contribution in [-0.2, 0) is 10.2 Å². The number of hydrogen-bond donors (Lipinski definition) is 4. The van der Waals surface area contributed by atoms with E-state index in [2.05, 4.69) is 10.6 Å². The molecule has 1 unspecified atom stereocenters. The van der Waals surface area contributed by atoms with Crippen molar-refractivity contribution in [1.29, 1.82) is 0 Å². The Kier molecular flexibility index (Phi) is 5.52. The van der Waals surface area contributed by atoms with Gasteiger partial charge in [0.25, 0.3) is 0 Å². The Morgan fingerprint density at radius 3 is 2.75 bits per heavy atom. The second-order valence-corrected chi connectivity index (χ2v) is 7.46. The molecule has 0 bridgehead atoms. The molecule has 134 valence electrons. The summed E-state index contributed by atoms with van der Waals surface area (Å²) in [5, 5.41) is 25.2. The smallest absolute Gasteiger partial charge is 0.234 e. The molecule has 0 spiro atoms. The highest BCUT2D eigenvalue weighted by Gasteiger charge is 2.40. The van der Waals surface area contributed by atoms with Crippen molar-refractivity contribution in [3.05, 3.63) is 23.8 Å². The van der Waals surface area contributed by atoms with E-state index in [1.807, 2.05) is 45.9 Å². The number of carbonyl (C=O) groups is 1. The first-order chi connectivity index (χ1) is 11.2. The van der Waals surface area contributed by atoms with E-state index in [1.165, 1.54) is 0 Å². The van der Waals surface area contributed by atoms with Crippen LogP contribution in [0.4, 0.5) is 5.69 Å². The van der Waals surface area contributed by atoms with Crippen molar-refractivity contribution < 1.29 is 19.7 Å². The molecule has 2 rings (SSSR count). The van der Waals surface area contributed by atoms with Crippen molar-refractivity contribution in [1.82, 2.24) is 5.32 Å². The minimum absolute atomic E-state index is 0.0541. The second kappa shape index (κ2) is 7.09. The number of fused-ring (bicyclic) bond motifs is 1. The van der Waals surface area contributed by atoms with Gasteiger partial charge in [-0.1, -0.05) is 6.07 Å². The summed E-state index contributed by atoms with van der Waals surface area (Å²) < 4.78 is 5.79. The molecule has 0 saturated carbocycles. The summed E-state index contributed by atoms with van der Waals surface area (Å²) >= 11 is 0. The van der Waals surface area contributed by atoms with Crippen molar-refractivity contribution in [2.75, 3.05) is 25.1 Å². The van der Waals surface area contributed by atoms with Crippen molar-refractivity contribution >= 4 is 11.6 Å². The van der Waals surface area contributed by atoms with E-state index in [9.17, 15) is 9.90 Å². The lowest BCUT2D eigenvalue weighted by atomic mass is 9.85. The van der Waals surface area contributed by atoms with Crippen LogP contribution in [-0.4, -0.2) is 47.5 Å². The maximum absolute atomic E-state index is 12.1. The molecule has 1 atom stereocenters. The zero-order chi connectivity index (χ0) is 18.0. The Morgan fingerprint density at radius 2 is 2.08 bits per heavy atom. The SMILES string of the molecule is CC(C)(CCO)NCC(O)COc1cccc2c1C(C)(C)C(=O)N2. The number of ether oxygens (including phenoxy) is 1. The molecule has 24 heavy (non-hydrogen) atoms. The molecule has 0 aliphatic carbocycles. The number of amides is 1. The summed E-state index contributed by atoms with van der Waals surface area (Å²) in [6, 6.07) is 5.49. The molecule has 0 saturated heterocycles. The molecule has 0 aromatic heterocycles. The molecule has 6 nitrogen and oxygen atoms in total. The number of carbonyl (C=O) groups excluding carboxylic acids is 1. The van der Waals surface area contributed by atoms with Gasteiger partial charge in [-0.15, -0.1) is 0 Å². The first kappa shape index (κ1) is 18.7. The van der Waals surface area contributed by atoms with Crippen molar-refractivity contribution in [3.63, 3.8) is 0 Å². The number of nitrogens with one attached hydrogen (secondary N) is 2. The van der Waals surface area contributed by atoms with Crippen LogP contribution in [0.5, 0.6) is 5.75 Å². The number of rotatable bonds is 8. The largest absolute Gasteiger partial charge is 0.490 e. The second-order valence-electron chi connectivity index (χ2n) is 7.46. The zero-order valence-corrected chi connectivity index (χ0v) is 14.8. The Balaban J connectivity index is 1.97. The van der Waals surface area contributed by atoms with Crippen LogP contribution in [0.25, 0.3) is 0 Å². The maximum Gasteiger partial charge on any atom is 0.234 e. The average molecular weight is 336 g/mol. The minimum atomic E-state index is -0.688. The predicted octanol–water partition coefficient (Wildman–Crippen LogP) is 1.41. The number of aliphatic hydroxyl groups excluding tert-OH is 2. The van der Waals surface area contributed by atoms with Crippen LogP contribution >= 0.6 is 0 Å². The van der Waals surface area contributed by atoms with Crippen molar-refractivity contribution in [2.45, 2.75) is 51.2 Å². The van der Waals surface area contributed by atoms with Gasteiger partial charge in [-0.2, -0.15) is 0 Å². The Hall–Kier alpha value is -1.63. The van der Waals surface area contributed by atoms with Crippen molar-refractivity contribution in [3.8, 4) is 5.75 Å². The summed E-state index contributed by atoms with van der Waals surface area (Å²) in [6.45, 7) is 8.25. The van der Waals surface area contributed by atoms with Gasteiger partial charge < -0.3 is 25.6 Å². The van der Waals surface area contributed by atoms with Crippen LogP contribution < -0.4 is 15.4 Å². The summed E-state index contributed by atoms with van der Waals surface area (Å²) in [7, 11) is 0. The van der Waals surface area contributed by atoms with Gasteiger partial charge in [0.05, 0.1) is 5.41 Å². The van der Waals surface area contributed by atoms with Gasteiger partial charge >= 0.3 is 0 Å². The molecular formula is C18H28N2O4. The first-order valence-corrected chi connectivity index (χ1v) is 8.29. The number of aliphatic hydroxyl groups is 2. The summed E-state index contributed by atoms with van der Waals surface area (Å²) in [4.78, 5) is 12.1. The van der Waals surface area contributed by atoms with E-state index in [0.717, 1.165) is 11.3 Å². The highest BCUT2D eigenvalue weighted by Crippen LogP contribution is 2.43. The third kappa shape index (κ3) is 4.06. The summed E-state index contributed by atoms with van der Waals surface area (Å²) in [6.07, 6.45) is -0.0821. The molecule has 0 fully saturated rings. The Morgan fingerprint density at radius 1 is 1.38 bits per heavy atom. The summed E-state index contributed by atoms with van der Waals surface area (Å²) in [5.74, 6) is 0.561. The van der Waals surface area contributed by atoms with Gasteiger partial charge in [0.2, 0.25) is 5.91 Å². The molecule has 6 heteroatoms. The van der Waals surface area contributed by atoms with E-state index in [-0.39, 0.29) is 24.7 Å². The Labute approximate surface area is 143 Å². The molecule has 0 radical (unpaired) electrons. The van der Waals surface area contributed by atoms with Gasteiger partial charge in [-0.3, -0.25) is 4.79 Å². The fourth-order valence-electron chi connectivity index (χ4n) is 2.80. The molecule has 1 aromatic carbocycles. The zero-order valence-electron chi connectivity index (χ0n) is 14.8. The van der Waals surface area contributed by atoms with E-state index < -0.39 is 11.5 Å². The third-order valence-electron chi connectivity index (χ3n) is 4.45. The molecule has 1 heterocycles. The quantitative estimate of drug-likeness (QED) is 0.576. The first-order valence-electron chi connectivity index (χ1n) is 8.29. The van der Waals surface area contributed by atoms with Crippen LogP contribution in [0, 0.1) is 0 Å². The number of anilines is 1. The van der Waals surface area contributed by atoms with E-state index >= 15 is 0 Å². The van der Waals surface area contributed by atoms with E-state index in [1.54, 1.807) is 0 Å². The molecule has 1 amide bonds. The van der Waals surface area contributed by atoms with Crippen LogP contribution in [0.3, 0.4) is 0 Å². The highest BCUT2D eigenvalue weighted by molar-refractivity contribution is 6.06. The Bertz CT molecular complexity index is 599. The normalized spacial score (nSPS) is 17.3. The number of benzene rings is 1. The van der Waals surface area contributed by atoms with Crippen LogP contribution in [0.2, 0.25) is 0 Å². The number of β-amino-alcohol motifs (C(OH)–C–C–N with tert-alkyl or cyclic N) is 1. The number of hydrogen-bond acceptors (Lipinski definition) is 5. The third-order valence-corrected chi connectivity index (χ3v) is 4.45. The maximum atomic E-state index is 12.1. The van der Waals surface area contributed by atoms with Gasteiger partial charge in [0.1, 0.15) is 18.5 Å². The molecule has 4 N–H and O–H groups in total. The standard InChI is InChI=1S/C18H28N2O4/c1-17(2,8-9-21)19-10-12(22)11-24-14-7-5-6-13-15(14)18(3,4)16(23)20-13/h5-7,12,19,21-22H,8-11H2,1-4H3,(H,20,23). The fourth-order valence-corrected chi connectivity index (χ4v) is 2.80. The van der Waals surface area contributed by atoms with Gasteiger partial charge in [-0.05, 0) is 46.2 Å². The van der Waals surface area contributed by atoms with Gasteiger partial charge in [0.15, 0.2) is 0 Å². The highest BCUT2D eigenvalue weighted by atomic mass is 16.5. The molecular weight excluding hydrogens is 308 g/mol. The minimum Gasteiger partial charge on any atom is -0.490 e. The molecule has 1 aromatic rings. The van der Waals surface area contributed by atoms with Crippen LogP contribution in [0.1, 0.15) is 39.7 Å². The van der Waals surface area contributed by atoms with Crippen molar-refractivity contribution in [2.24, 2.45) is 0 Å². The monoisotopic (exact) mass is 336 g/mol. The van der Waals surface area contributed by atoms with E-state index in [4.69, 9.17) is 9.84 Å². The van der Waals surface area contributed by atoms with Gasteiger partial charge in [-0.25, -0.2) is 0 Å². The molecule has 1 aliphatic rings. The lowest BCUT2D eigenvalue weighted by molar-refractivity contribution is -0.119. The fraction of sp³-hybridized carbons (Fsp3) is 0.611. The lowest BCUT2D eigenvalue weighted by Crippen LogP contribution is -2.45. The summed E-state index contributed by atoms with van der Waals surface area (Å²) in [5.41, 5.74) is 0.690. The average Bonchev–Trinajstić information content (AvgIpc) is 2.73. The topological polar surface area (TPSA) is 90.8 Å². The van der Waals surface area contributed by atoms with Gasteiger partial charge in [0, 0.05) is 29.9 Å². The molecule has 1 aliphatic heterocycles. The van der Waals surface area contributed by atoms with Crippen LogP contribution in [0.15, 0.2) is 18.2 Å². The van der Waals surface area contributed by atoms with E-state index in [0.29, 0.717) is 18.7 Å².